The van der Waals surface area contributed by atoms with Crippen LogP contribution in [-0.4, -0.2) is 42.1 Å². The highest BCUT2D eigenvalue weighted by Crippen LogP contribution is 2.37. The van der Waals surface area contributed by atoms with E-state index >= 15 is 0 Å². The molecule has 0 spiro atoms. The van der Waals surface area contributed by atoms with Gasteiger partial charge in [-0.2, -0.15) is 0 Å². The highest BCUT2D eigenvalue weighted by atomic mass is 16.6. The van der Waals surface area contributed by atoms with E-state index < -0.39 is 11.6 Å². The SMILES string of the molecule is CCOC(=N)CC(=O)OC1(C)CN(C(c2ccccc2)c2ccccc2)C1. The van der Waals surface area contributed by atoms with Gasteiger partial charge in [0.05, 0.1) is 12.6 Å². The van der Waals surface area contributed by atoms with Crippen LogP contribution < -0.4 is 0 Å². The third-order valence-corrected chi connectivity index (χ3v) is 4.65. The zero-order valence-corrected chi connectivity index (χ0v) is 15.9. The number of ether oxygens (including phenoxy) is 2. The maximum absolute atomic E-state index is 12.1. The molecule has 5 heteroatoms. The van der Waals surface area contributed by atoms with E-state index in [1.54, 1.807) is 6.92 Å². The van der Waals surface area contributed by atoms with Crippen molar-refractivity contribution in [1.82, 2.24) is 4.90 Å². The Bertz CT molecular complexity index is 731. The summed E-state index contributed by atoms with van der Waals surface area (Å²) in [6.07, 6.45) is -0.121. The number of carbonyl (C=O) groups is 1. The van der Waals surface area contributed by atoms with Gasteiger partial charge in [-0.05, 0) is 25.0 Å². The third-order valence-electron chi connectivity index (χ3n) is 4.65. The molecule has 142 valence electrons. The van der Waals surface area contributed by atoms with Crippen molar-refractivity contribution >= 4 is 11.9 Å². The minimum atomic E-state index is -0.536. The number of benzene rings is 2. The van der Waals surface area contributed by atoms with Crippen LogP contribution in [0.25, 0.3) is 0 Å². The second kappa shape index (κ2) is 8.35. The van der Waals surface area contributed by atoms with Crippen LogP contribution in [0.4, 0.5) is 0 Å². The first-order valence-corrected chi connectivity index (χ1v) is 9.27. The Morgan fingerprint density at radius 2 is 1.59 bits per heavy atom. The lowest BCUT2D eigenvalue weighted by molar-refractivity contribution is -0.177. The van der Waals surface area contributed by atoms with Gasteiger partial charge in [-0.15, -0.1) is 0 Å². The largest absolute Gasteiger partial charge is 0.481 e. The molecule has 0 saturated carbocycles. The molecule has 1 aliphatic heterocycles. The topological polar surface area (TPSA) is 62.6 Å². The first-order valence-electron chi connectivity index (χ1n) is 9.27. The van der Waals surface area contributed by atoms with Gasteiger partial charge in [0.1, 0.15) is 12.0 Å². The molecule has 1 N–H and O–H groups in total. The molecule has 0 aliphatic carbocycles. The lowest BCUT2D eigenvalue weighted by atomic mass is 9.88. The van der Waals surface area contributed by atoms with Crippen molar-refractivity contribution in [2.75, 3.05) is 19.7 Å². The Morgan fingerprint density at radius 3 is 2.07 bits per heavy atom. The van der Waals surface area contributed by atoms with Gasteiger partial charge in [-0.1, -0.05) is 60.7 Å². The summed E-state index contributed by atoms with van der Waals surface area (Å²) in [6, 6.07) is 20.8. The first-order chi connectivity index (χ1) is 13.0. The Balaban J connectivity index is 1.67. The average molecular weight is 366 g/mol. The Kier molecular flexibility index (Phi) is 5.91. The quantitative estimate of drug-likeness (QED) is 0.460. The summed E-state index contributed by atoms with van der Waals surface area (Å²) < 4.78 is 10.7. The van der Waals surface area contributed by atoms with Crippen LogP contribution in [0.3, 0.4) is 0 Å². The van der Waals surface area contributed by atoms with Crippen LogP contribution in [0.1, 0.15) is 37.4 Å². The fourth-order valence-electron chi connectivity index (χ4n) is 3.61. The van der Waals surface area contributed by atoms with Gasteiger partial charge in [0.15, 0.2) is 5.90 Å². The average Bonchev–Trinajstić information content (AvgIpc) is 2.62. The van der Waals surface area contributed by atoms with E-state index in [1.165, 1.54) is 11.1 Å². The van der Waals surface area contributed by atoms with Crippen molar-refractivity contribution in [2.24, 2.45) is 0 Å². The summed E-state index contributed by atoms with van der Waals surface area (Å²) in [7, 11) is 0. The maximum Gasteiger partial charge on any atom is 0.315 e. The van der Waals surface area contributed by atoms with Crippen molar-refractivity contribution in [1.29, 1.82) is 5.41 Å². The van der Waals surface area contributed by atoms with Crippen LogP contribution in [0.5, 0.6) is 0 Å². The molecule has 1 saturated heterocycles. The number of likely N-dealkylation sites (tertiary alicyclic amines) is 1. The minimum absolute atomic E-state index is 0.0475. The van der Waals surface area contributed by atoms with Crippen molar-refractivity contribution in [3.8, 4) is 0 Å². The number of nitrogens with zero attached hydrogens (tertiary/aromatic N) is 1. The van der Waals surface area contributed by atoms with Crippen molar-refractivity contribution in [3.63, 3.8) is 0 Å². The van der Waals surface area contributed by atoms with Crippen LogP contribution in [0, 0.1) is 5.41 Å². The summed E-state index contributed by atoms with van der Waals surface area (Å²) >= 11 is 0. The zero-order valence-electron chi connectivity index (χ0n) is 15.9. The number of nitrogens with one attached hydrogen (secondary N) is 1. The van der Waals surface area contributed by atoms with Crippen LogP contribution in [0.2, 0.25) is 0 Å². The second-order valence-electron chi connectivity index (χ2n) is 7.09. The standard InChI is InChI=1S/C22H26N2O3/c1-3-26-19(23)14-20(25)27-22(2)15-24(16-22)21(17-10-6-4-7-11-17)18-12-8-5-9-13-18/h4-13,21,23H,3,14-16H2,1-2H3. The molecule has 27 heavy (non-hydrogen) atoms. The molecular formula is C22H26N2O3. The Labute approximate surface area is 160 Å². The molecule has 2 aromatic carbocycles. The summed E-state index contributed by atoms with van der Waals surface area (Å²) in [6.45, 7) is 5.41. The molecule has 0 amide bonds. The van der Waals surface area contributed by atoms with Crippen LogP contribution in [-0.2, 0) is 14.3 Å². The molecule has 0 radical (unpaired) electrons. The molecule has 0 aromatic heterocycles. The number of rotatable bonds is 7. The molecule has 5 nitrogen and oxygen atoms in total. The van der Waals surface area contributed by atoms with Gasteiger partial charge < -0.3 is 9.47 Å². The van der Waals surface area contributed by atoms with Crippen LogP contribution >= 0.6 is 0 Å². The van der Waals surface area contributed by atoms with Crippen LogP contribution in [0.15, 0.2) is 60.7 Å². The number of carbonyl (C=O) groups excluding carboxylic acids is 1. The summed E-state index contributed by atoms with van der Waals surface area (Å²) in [5, 5.41) is 7.60. The molecule has 0 atom stereocenters. The third kappa shape index (κ3) is 4.74. The fourth-order valence-corrected chi connectivity index (χ4v) is 3.61. The summed E-state index contributed by atoms with van der Waals surface area (Å²) in [5.41, 5.74) is 1.90. The van der Waals surface area contributed by atoms with E-state index in [-0.39, 0.29) is 18.4 Å². The van der Waals surface area contributed by atoms with E-state index in [0.29, 0.717) is 19.7 Å². The van der Waals surface area contributed by atoms with E-state index in [0.717, 1.165) is 0 Å². The molecule has 0 bridgehead atoms. The highest BCUT2D eigenvalue weighted by molar-refractivity contribution is 5.92. The van der Waals surface area contributed by atoms with Gasteiger partial charge >= 0.3 is 5.97 Å². The van der Waals surface area contributed by atoms with Gasteiger partial charge in [-0.25, -0.2) is 0 Å². The Morgan fingerprint density at radius 1 is 1.07 bits per heavy atom. The van der Waals surface area contributed by atoms with E-state index in [2.05, 4.69) is 29.2 Å². The predicted molar refractivity (Wildman–Crippen MR) is 105 cm³/mol. The van der Waals surface area contributed by atoms with Crippen molar-refractivity contribution in [2.45, 2.75) is 31.9 Å². The molecule has 2 aromatic rings. The molecule has 1 heterocycles. The number of esters is 1. The van der Waals surface area contributed by atoms with Gasteiger partial charge in [0.2, 0.25) is 0 Å². The molecule has 1 aliphatic rings. The van der Waals surface area contributed by atoms with E-state index in [1.807, 2.05) is 43.3 Å². The zero-order chi connectivity index (χ0) is 19.3. The first kappa shape index (κ1) is 19.1. The molecule has 3 rings (SSSR count). The van der Waals surface area contributed by atoms with Gasteiger partial charge in [-0.3, -0.25) is 15.1 Å². The fraction of sp³-hybridized carbons (Fsp3) is 0.364. The van der Waals surface area contributed by atoms with E-state index in [9.17, 15) is 4.79 Å². The predicted octanol–water partition coefficient (Wildman–Crippen LogP) is 3.80. The molecule has 0 unspecified atom stereocenters. The summed E-state index contributed by atoms with van der Waals surface area (Å²) in [4.78, 5) is 14.4. The maximum atomic E-state index is 12.1. The van der Waals surface area contributed by atoms with Crippen molar-refractivity contribution in [3.05, 3.63) is 71.8 Å². The minimum Gasteiger partial charge on any atom is -0.481 e. The lowest BCUT2D eigenvalue weighted by Crippen LogP contribution is -2.62. The second-order valence-corrected chi connectivity index (χ2v) is 7.09. The number of hydrogen-bond donors (Lipinski definition) is 1. The smallest absolute Gasteiger partial charge is 0.315 e. The summed E-state index contributed by atoms with van der Waals surface area (Å²) in [5.74, 6) is -0.458. The van der Waals surface area contributed by atoms with Gasteiger partial charge in [0.25, 0.3) is 0 Å². The lowest BCUT2D eigenvalue weighted by Gasteiger charge is -2.50. The monoisotopic (exact) mass is 366 g/mol. The molecule has 1 fully saturated rings. The molecular weight excluding hydrogens is 340 g/mol. The Hall–Kier alpha value is -2.66. The normalized spacial score (nSPS) is 15.8. The van der Waals surface area contributed by atoms with E-state index in [4.69, 9.17) is 14.9 Å². The van der Waals surface area contributed by atoms with Crippen molar-refractivity contribution < 1.29 is 14.3 Å². The van der Waals surface area contributed by atoms with Gasteiger partial charge in [0, 0.05) is 13.1 Å². The highest BCUT2D eigenvalue weighted by Gasteiger charge is 2.45. The number of hydrogen-bond acceptors (Lipinski definition) is 5.